The second-order valence-corrected chi connectivity index (χ2v) is 7.33. The van der Waals surface area contributed by atoms with Gasteiger partial charge >= 0.3 is 6.18 Å². The molecule has 3 aromatic rings. The van der Waals surface area contributed by atoms with E-state index in [2.05, 4.69) is 20.4 Å². The summed E-state index contributed by atoms with van der Waals surface area (Å²) in [5.74, 6) is -0.287. The highest BCUT2D eigenvalue weighted by atomic mass is 32.1. The van der Waals surface area contributed by atoms with Gasteiger partial charge in [-0.1, -0.05) is 11.3 Å². The summed E-state index contributed by atoms with van der Waals surface area (Å²) >= 11 is 1.30. The number of imidazole rings is 1. The highest BCUT2D eigenvalue weighted by Gasteiger charge is 2.34. The van der Waals surface area contributed by atoms with Crippen molar-refractivity contribution < 1.29 is 18.0 Å². The molecule has 7 nitrogen and oxygen atoms in total. The Kier molecular flexibility index (Phi) is 4.25. The predicted molar refractivity (Wildman–Crippen MR) is 94.4 cm³/mol. The number of rotatable bonds is 3. The summed E-state index contributed by atoms with van der Waals surface area (Å²) < 4.78 is 40.5. The molecule has 0 aromatic carbocycles. The zero-order valence-corrected chi connectivity index (χ0v) is 14.8. The summed E-state index contributed by atoms with van der Waals surface area (Å²) in [7, 11) is 0. The number of halogens is 3. The van der Waals surface area contributed by atoms with Crippen LogP contribution in [-0.4, -0.2) is 31.4 Å². The van der Waals surface area contributed by atoms with Gasteiger partial charge < -0.3 is 11.1 Å². The van der Waals surface area contributed by atoms with Gasteiger partial charge in [-0.05, 0) is 18.9 Å². The number of hydrogen-bond acceptors (Lipinski definition) is 7. The zero-order valence-electron chi connectivity index (χ0n) is 14.0. The standard InChI is InChI=1S/C16H15F3N6OS/c17-16(18,19)11-5-8(6-21-13(11)20)12-7-25-15(23-12)27-14(24-25)22-9-1-3-10(26)4-2-9/h5-7,9H,1-4H2,(H2,20,21)(H,22,24). The quantitative estimate of drug-likeness (QED) is 0.704. The molecule has 1 aliphatic rings. The predicted octanol–water partition coefficient (Wildman–Crippen LogP) is 3.38. The van der Waals surface area contributed by atoms with Crippen molar-refractivity contribution in [3.8, 4) is 11.3 Å². The average Bonchev–Trinajstić information content (AvgIpc) is 3.15. The molecule has 3 aromatic heterocycles. The fraction of sp³-hybridized carbons (Fsp3) is 0.375. The second-order valence-electron chi connectivity index (χ2n) is 6.37. The van der Waals surface area contributed by atoms with Crippen LogP contribution >= 0.6 is 11.3 Å². The minimum atomic E-state index is -4.58. The molecule has 142 valence electrons. The van der Waals surface area contributed by atoms with E-state index >= 15 is 0 Å². The maximum atomic E-state index is 13.0. The minimum Gasteiger partial charge on any atom is -0.383 e. The molecule has 1 aliphatic carbocycles. The van der Waals surface area contributed by atoms with Gasteiger partial charge in [0.2, 0.25) is 10.1 Å². The van der Waals surface area contributed by atoms with E-state index in [1.54, 1.807) is 6.20 Å². The molecule has 0 unspecified atom stereocenters. The van der Waals surface area contributed by atoms with E-state index < -0.39 is 17.6 Å². The van der Waals surface area contributed by atoms with Crippen LogP contribution in [0.2, 0.25) is 0 Å². The van der Waals surface area contributed by atoms with Crippen molar-refractivity contribution in [2.75, 3.05) is 11.1 Å². The summed E-state index contributed by atoms with van der Waals surface area (Å²) in [6, 6.07) is 1.13. The molecular formula is C16H15F3N6OS. The number of ketones is 1. The minimum absolute atomic E-state index is 0.189. The van der Waals surface area contributed by atoms with Crippen molar-refractivity contribution in [3.63, 3.8) is 0 Å². The molecule has 0 bridgehead atoms. The third-order valence-electron chi connectivity index (χ3n) is 4.43. The molecular weight excluding hydrogens is 381 g/mol. The number of fused-ring (bicyclic) bond motifs is 1. The Labute approximate surface area is 155 Å². The zero-order chi connectivity index (χ0) is 19.2. The Morgan fingerprint density at radius 3 is 2.70 bits per heavy atom. The number of alkyl halides is 3. The number of nitrogens with zero attached hydrogens (tertiary/aromatic N) is 4. The molecule has 0 atom stereocenters. The maximum absolute atomic E-state index is 13.0. The lowest BCUT2D eigenvalue weighted by Gasteiger charge is -2.21. The fourth-order valence-corrected chi connectivity index (χ4v) is 3.86. The van der Waals surface area contributed by atoms with Crippen molar-refractivity contribution in [2.24, 2.45) is 0 Å². The maximum Gasteiger partial charge on any atom is 0.419 e. The second kappa shape index (κ2) is 6.48. The number of hydrogen-bond donors (Lipinski definition) is 2. The molecule has 1 fully saturated rings. The molecule has 4 rings (SSSR count). The van der Waals surface area contributed by atoms with Crippen LogP contribution in [0, 0.1) is 0 Å². The van der Waals surface area contributed by atoms with Gasteiger partial charge in [0.25, 0.3) is 0 Å². The lowest BCUT2D eigenvalue weighted by molar-refractivity contribution is -0.137. The number of anilines is 2. The number of nitrogens with one attached hydrogen (secondary N) is 1. The third-order valence-corrected chi connectivity index (χ3v) is 5.29. The first-order valence-electron chi connectivity index (χ1n) is 8.27. The van der Waals surface area contributed by atoms with Gasteiger partial charge in [-0.25, -0.2) is 14.5 Å². The molecule has 0 amide bonds. The molecule has 27 heavy (non-hydrogen) atoms. The Bertz CT molecular complexity index is 970. The number of carbonyl (C=O) groups excluding carboxylic acids is 1. The summed E-state index contributed by atoms with van der Waals surface area (Å²) in [5.41, 5.74) is 4.89. The Hall–Kier alpha value is -2.69. The van der Waals surface area contributed by atoms with Crippen LogP contribution in [0.25, 0.3) is 16.2 Å². The van der Waals surface area contributed by atoms with E-state index in [0.29, 0.717) is 28.6 Å². The Morgan fingerprint density at radius 1 is 1.30 bits per heavy atom. The molecule has 0 aliphatic heterocycles. The first-order chi connectivity index (χ1) is 12.8. The van der Waals surface area contributed by atoms with Crippen LogP contribution in [0.5, 0.6) is 0 Å². The molecule has 11 heteroatoms. The number of nitrogen functional groups attached to an aromatic ring is 1. The molecule has 0 spiro atoms. The number of aromatic nitrogens is 4. The fourth-order valence-electron chi connectivity index (χ4n) is 3.00. The molecule has 3 heterocycles. The SMILES string of the molecule is Nc1ncc(-c2cn3nc(NC4CCC(=O)CC4)sc3n2)cc1C(F)(F)F. The van der Waals surface area contributed by atoms with Crippen molar-refractivity contribution in [1.82, 2.24) is 19.6 Å². The van der Waals surface area contributed by atoms with Crippen molar-refractivity contribution in [2.45, 2.75) is 37.9 Å². The summed E-state index contributed by atoms with van der Waals surface area (Å²) in [4.78, 5) is 19.8. The molecule has 3 N–H and O–H groups in total. The van der Waals surface area contributed by atoms with Gasteiger partial charge in [0.1, 0.15) is 11.6 Å². The van der Waals surface area contributed by atoms with Gasteiger partial charge in [-0.2, -0.15) is 13.2 Å². The summed E-state index contributed by atoms with van der Waals surface area (Å²) in [6.45, 7) is 0. The van der Waals surface area contributed by atoms with Gasteiger partial charge in [0.15, 0.2) is 0 Å². The van der Waals surface area contributed by atoms with Crippen molar-refractivity contribution in [3.05, 3.63) is 24.0 Å². The first kappa shape index (κ1) is 17.7. The van der Waals surface area contributed by atoms with Gasteiger partial charge in [-0.15, -0.1) is 5.10 Å². The van der Waals surface area contributed by atoms with Crippen LogP contribution in [0.15, 0.2) is 18.5 Å². The van der Waals surface area contributed by atoms with Crippen molar-refractivity contribution >= 4 is 33.0 Å². The van der Waals surface area contributed by atoms with Gasteiger partial charge in [0, 0.05) is 30.6 Å². The number of pyridine rings is 1. The lowest BCUT2D eigenvalue weighted by atomic mass is 9.95. The monoisotopic (exact) mass is 396 g/mol. The molecule has 1 saturated carbocycles. The highest BCUT2D eigenvalue weighted by Crippen LogP contribution is 2.35. The van der Waals surface area contributed by atoms with E-state index in [4.69, 9.17) is 5.73 Å². The largest absolute Gasteiger partial charge is 0.419 e. The van der Waals surface area contributed by atoms with E-state index in [1.807, 2.05) is 0 Å². The Balaban J connectivity index is 1.57. The van der Waals surface area contributed by atoms with Crippen LogP contribution < -0.4 is 11.1 Å². The number of Topliss-reactive ketones (excluding diaryl/α,β-unsaturated/α-hetero) is 1. The first-order valence-corrected chi connectivity index (χ1v) is 9.09. The van der Waals surface area contributed by atoms with Crippen LogP contribution in [0.1, 0.15) is 31.2 Å². The van der Waals surface area contributed by atoms with Crippen molar-refractivity contribution in [1.29, 1.82) is 0 Å². The van der Waals surface area contributed by atoms with Gasteiger partial charge in [-0.3, -0.25) is 4.79 Å². The normalized spacial score (nSPS) is 16.2. The van der Waals surface area contributed by atoms with E-state index in [1.165, 1.54) is 22.0 Å². The van der Waals surface area contributed by atoms with E-state index in [0.717, 1.165) is 18.9 Å². The van der Waals surface area contributed by atoms with E-state index in [-0.39, 0.29) is 17.4 Å². The molecule has 0 saturated heterocycles. The summed E-state index contributed by atoms with van der Waals surface area (Å²) in [6.07, 6.45) is 0.892. The van der Waals surface area contributed by atoms with E-state index in [9.17, 15) is 18.0 Å². The van der Waals surface area contributed by atoms with Crippen LogP contribution in [0.4, 0.5) is 24.1 Å². The topological polar surface area (TPSA) is 98.2 Å². The number of carbonyl (C=O) groups is 1. The average molecular weight is 396 g/mol. The van der Waals surface area contributed by atoms with Crippen LogP contribution in [-0.2, 0) is 11.0 Å². The highest BCUT2D eigenvalue weighted by molar-refractivity contribution is 7.20. The van der Waals surface area contributed by atoms with Gasteiger partial charge in [0.05, 0.1) is 17.5 Å². The van der Waals surface area contributed by atoms with Crippen LogP contribution in [0.3, 0.4) is 0 Å². The number of nitrogens with two attached hydrogens (primary N) is 1. The summed E-state index contributed by atoms with van der Waals surface area (Å²) in [5, 5.41) is 8.32. The molecule has 0 radical (unpaired) electrons. The Morgan fingerprint density at radius 2 is 2.04 bits per heavy atom. The smallest absolute Gasteiger partial charge is 0.383 e. The lowest BCUT2D eigenvalue weighted by Crippen LogP contribution is -2.25. The third kappa shape index (κ3) is 3.59.